The lowest BCUT2D eigenvalue weighted by atomic mass is 10.1. The van der Waals surface area contributed by atoms with Crippen LogP contribution in [0, 0.1) is 0 Å². The highest BCUT2D eigenvalue weighted by atomic mass is 16.2. The molecule has 0 aliphatic carbocycles. The van der Waals surface area contributed by atoms with Crippen molar-refractivity contribution in [3.8, 4) is 0 Å². The molecule has 82 valence electrons. The summed E-state index contributed by atoms with van der Waals surface area (Å²) in [7, 11) is 0. The van der Waals surface area contributed by atoms with Crippen LogP contribution in [-0.4, -0.2) is 17.4 Å². The Kier molecular flexibility index (Phi) is 4.35. The molecule has 0 atom stereocenters. The number of allylic oxidation sites excluding steroid dienone is 4. The third-order valence-corrected chi connectivity index (χ3v) is 2.47. The Bertz CT molecular complexity index is 312. The number of amides is 1. The van der Waals surface area contributed by atoms with E-state index in [1.54, 1.807) is 0 Å². The molecule has 2 heteroatoms. The minimum Gasteiger partial charge on any atom is -0.313 e. The zero-order valence-corrected chi connectivity index (χ0v) is 9.62. The van der Waals surface area contributed by atoms with E-state index in [0.29, 0.717) is 6.42 Å². The van der Waals surface area contributed by atoms with Crippen molar-refractivity contribution in [1.29, 1.82) is 0 Å². The van der Waals surface area contributed by atoms with Gasteiger partial charge in [-0.3, -0.25) is 4.79 Å². The van der Waals surface area contributed by atoms with Crippen molar-refractivity contribution in [2.75, 3.05) is 6.54 Å². The van der Waals surface area contributed by atoms with Crippen molar-refractivity contribution >= 4 is 5.91 Å². The number of rotatable bonds is 3. The minimum absolute atomic E-state index is 0.237. The van der Waals surface area contributed by atoms with E-state index < -0.39 is 0 Å². The molecule has 0 radical (unpaired) electrons. The molecule has 1 heterocycles. The zero-order chi connectivity index (χ0) is 11.3. The Morgan fingerprint density at radius 3 is 2.67 bits per heavy atom. The molecule has 0 saturated carbocycles. The molecular weight excluding hydrogens is 186 g/mol. The second-order valence-electron chi connectivity index (χ2n) is 3.90. The maximum absolute atomic E-state index is 11.7. The third-order valence-electron chi connectivity index (χ3n) is 2.47. The second-order valence-corrected chi connectivity index (χ2v) is 3.90. The Hall–Kier alpha value is -1.31. The topological polar surface area (TPSA) is 20.3 Å². The summed E-state index contributed by atoms with van der Waals surface area (Å²) in [6.07, 6.45) is 8.68. The maximum atomic E-state index is 11.7. The van der Waals surface area contributed by atoms with Gasteiger partial charge in [0.15, 0.2) is 0 Å². The number of nitrogens with zero attached hydrogens (tertiary/aromatic N) is 1. The molecule has 1 rings (SSSR count). The van der Waals surface area contributed by atoms with Gasteiger partial charge >= 0.3 is 0 Å². The Balaban J connectivity index is 2.74. The van der Waals surface area contributed by atoms with Gasteiger partial charge in [-0.1, -0.05) is 24.3 Å². The molecular formula is C13H19NO. The number of hydrogen-bond donors (Lipinski definition) is 0. The molecule has 1 amide bonds. The lowest BCUT2D eigenvalue weighted by Gasteiger charge is -2.27. The first-order valence-corrected chi connectivity index (χ1v) is 5.45. The van der Waals surface area contributed by atoms with E-state index >= 15 is 0 Å². The molecule has 0 unspecified atom stereocenters. The first-order chi connectivity index (χ1) is 7.15. The lowest BCUT2D eigenvalue weighted by molar-refractivity contribution is -0.130. The molecule has 15 heavy (non-hydrogen) atoms. The van der Waals surface area contributed by atoms with Crippen molar-refractivity contribution in [2.45, 2.75) is 33.1 Å². The number of carbonyl (C=O) groups is 1. The molecule has 1 saturated heterocycles. The summed E-state index contributed by atoms with van der Waals surface area (Å²) >= 11 is 0. The number of likely N-dealkylation sites (tertiary alicyclic amines) is 1. The minimum atomic E-state index is 0.237. The predicted molar refractivity (Wildman–Crippen MR) is 63.3 cm³/mol. The van der Waals surface area contributed by atoms with E-state index in [-0.39, 0.29) is 5.91 Å². The van der Waals surface area contributed by atoms with Crippen molar-refractivity contribution in [1.82, 2.24) is 4.90 Å². The largest absolute Gasteiger partial charge is 0.313 e. The molecule has 2 nitrogen and oxygen atoms in total. The van der Waals surface area contributed by atoms with Gasteiger partial charge in [-0.2, -0.15) is 0 Å². The average Bonchev–Trinajstić information content (AvgIpc) is 2.21. The van der Waals surface area contributed by atoms with Gasteiger partial charge in [0.25, 0.3) is 0 Å². The molecule has 0 spiro atoms. The first-order valence-electron chi connectivity index (χ1n) is 5.45. The molecule has 1 aliphatic heterocycles. The van der Waals surface area contributed by atoms with Crippen LogP contribution in [0.3, 0.4) is 0 Å². The van der Waals surface area contributed by atoms with Gasteiger partial charge in [0.2, 0.25) is 5.91 Å². The Labute approximate surface area is 92.0 Å². The molecule has 0 aromatic heterocycles. The van der Waals surface area contributed by atoms with Crippen molar-refractivity contribution < 1.29 is 4.79 Å². The molecule has 0 aromatic carbocycles. The molecule has 0 bridgehead atoms. The van der Waals surface area contributed by atoms with Crippen LogP contribution in [-0.2, 0) is 4.79 Å². The zero-order valence-electron chi connectivity index (χ0n) is 9.62. The van der Waals surface area contributed by atoms with Gasteiger partial charge in [0, 0.05) is 18.7 Å². The fraction of sp³-hybridized carbons (Fsp3) is 0.462. The summed E-state index contributed by atoms with van der Waals surface area (Å²) in [5.41, 5.74) is 1.99. The summed E-state index contributed by atoms with van der Waals surface area (Å²) in [4.78, 5) is 13.5. The van der Waals surface area contributed by atoms with Gasteiger partial charge in [-0.15, -0.1) is 0 Å². The van der Waals surface area contributed by atoms with Crippen LogP contribution in [0.4, 0.5) is 0 Å². The van der Waals surface area contributed by atoms with E-state index in [2.05, 4.69) is 6.58 Å². The fourth-order valence-corrected chi connectivity index (χ4v) is 1.65. The quantitative estimate of drug-likeness (QED) is 0.648. The highest BCUT2D eigenvalue weighted by Crippen LogP contribution is 2.17. The lowest BCUT2D eigenvalue weighted by Crippen LogP contribution is -2.33. The van der Waals surface area contributed by atoms with Crippen molar-refractivity contribution in [3.05, 3.63) is 36.1 Å². The van der Waals surface area contributed by atoms with Crippen LogP contribution in [0.1, 0.15) is 33.1 Å². The van der Waals surface area contributed by atoms with E-state index in [1.807, 2.05) is 37.0 Å². The molecule has 0 N–H and O–H groups in total. The average molecular weight is 205 g/mol. The van der Waals surface area contributed by atoms with Gasteiger partial charge in [-0.25, -0.2) is 0 Å². The van der Waals surface area contributed by atoms with Crippen molar-refractivity contribution in [2.24, 2.45) is 0 Å². The molecule has 1 aliphatic rings. The number of carbonyl (C=O) groups excluding carboxylic acids is 1. The van der Waals surface area contributed by atoms with Crippen LogP contribution in [0.5, 0.6) is 0 Å². The van der Waals surface area contributed by atoms with Gasteiger partial charge < -0.3 is 4.90 Å². The second kappa shape index (κ2) is 5.54. The van der Waals surface area contributed by atoms with Crippen LogP contribution >= 0.6 is 0 Å². The van der Waals surface area contributed by atoms with E-state index in [0.717, 1.165) is 30.7 Å². The Morgan fingerprint density at radius 2 is 2.13 bits per heavy atom. The smallest absolute Gasteiger partial charge is 0.226 e. The summed E-state index contributed by atoms with van der Waals surface area (Å²) in [5.74, 6) is 0.237. The summed E-state index contributed by atoms with van der Waals surface area (Å²) < 4.78 is 0. The van der Waals surface area contributed by atoms with Crippen molar-refractivity contribution in [3.63, 3.8) is 0 Å². The highest BCUT2D eigenvalue weighted by Gasteiger charge is 2.19. The first kappa shape index (κ1) is 11.8. The predicted octanol–water partition coefficient (Wildman–Crippen LogP) is 3.04. The highest BCUT2D eigenvalue weighted by molar-refractivity contribution is 5.79. The SMILES string of the molecule is C=C(C)/C=C\C(=C/C)N1CCCCC1=O. The number of hydrogen-bond acceptors (Lipinski definition) is 1. The van der Waals surface area contributed by atoms with E-state index in [4.69, 9.17) is 0 Å². The van der Waals surface area contributed by atoms with Gasteiger partial charge in [-0.05, 0) is 32.8 Å². The normalized spacial score (nSPS) is 18.7. The Morgan fingerprint density at radius 1 is 1.40 bits per heavy atom. The van der Waals surface area contributed by atoms with Crippen LogP contribution < -0.4 is 0 Å². The fourth-order valence-electron chi connectivity index (χ4n) is 1.65. The van der Waals surface area contributed by atoms with Crippen LogP contribution in [0.25, 0.3) is 0 Å². The summed E-state index contributed by atoms with van der Waals surface area (Å²) in [6.45, 7) is 8.56. The van der Waals surface area contributed by atoms with Crippen LogP contribution in [0.2, 0.25) is 0 Å². The van der Waals surface area contributed by atoms with Gasteiger partial charge in [0.05, 0.1) is 0 Å². The molecule has 0 aromatic rings. The van der Waals surface area contributed by atoms with Crippen LogP contribution in [0.15, 0.2) is 36.1 Å². The molecule has 1 fully saturated rings. The standard InChI is InChI=1S/C13H19NO/c1-4-12(9-8-11(2)3)14-10-6-5-7-13(14)15/h4,8-9H,2,5-7,10H2,1,3H3/b9-8-,12-4+. The summed E-state index contributed by atoms with van der Waals surface area (Å²) in [6, 6.07) is 0. The number of piperidine rings is 1. The van der Waals surface area contributed by atoms with E-state index in [9.17, 15) is 4.79 Å². The third kappa shape index (κ3) is 3.39. The van der Waals surface area contributed by atoms with E-state index in [1.165, 1.54) is 0 Å². The monoisotopic (exact) mass is 205 g/mol. The van der Waals surface area contributed by atoms with Gasteiger partial charge in [0.1, 0.15) is 0 Å². The summed E-state index contributed by atoms with van der Waals surface area (Å²) in [5, 5.41) is 0. The maximum Gasteiger partial charge on any atom is 0.226 e.